The molecule has 176 valence electrons. The first-order chi connectivity index (χ1) is 16.2. The minimum atomic E-state index is -4.08. The Morgan fingerprint density at radius 3 is 1.97 bits per heavy atom. The van der Waals surface area contributed by atoms with Crippen LogP contribution in [0.3, 0.4) is 0 Å². The molecule has 2 N–H and O–H groups in total. The third-order valence-electron chi connectivity index (χ3n) is 6.54. The molecule has 0 amide bonds. The van der Waals surface area contributed by atoms with Crippen molar-refractivity contribution < 1.29 is 27.0 Å². The van der Waals surface area contributed by atoms with E-state index >= 15 is 0 Å². The molecule has 2 bridgehead atoms. The average Bonchev–Trinajstić information content (AvgIpc) is 3.25. The van der Waals surface area contributed by atoms with Gasteiger partial charge in [-0.3, -0.25) is 4.21 Å². The Bertz CT molecular complexity index is 1440. The minimum absolute atomic E-state index is 0.102. The van der Waals surface area contributed by atoms with Gasteiger partial charge >= 0.3 is 10.1 Å². The number of phenols is 2. The Kier molecular flexibility index (Phi) is 5.53. The molecule has 2 aliphatic rings. The molecule has 8 heteroatoms. The highest BCUT2D eigenvalue weighted by Gasteiger charge is 2.57. The number of aromatic hydroxyl groups is 2. The van der Waals surface area contributed by atoms with Crippen LogP contribution in [0.1, 0.15) is 28.7 Å². The van der Waals surface area contributed by atoms with Gasteiger partial charge in [0.1, 0.15) is 22.5 Å². The molecule has 5 rings (SSSR count). The summed E-state index contributed by atoms with van der Waals surface area (Å²) in [6.07, 6.45) is 0.183. The lowest BCUT2D eigenvalue weighted by molar-refractivity contribution is 0.469. The van der Waals surface area contributed by atoms with Crippen molar-refractivity contribution in [3.8, 4) is 17.2 Å². The molecule has 0 unspecified atom stereocenters. The summed E-state index contributed by atoms with van der Waals surface area (Å²) in [5, 5.41) is 17.6. The van der Waals surface area contributed by atoms with Crippen LogP contribution in [-0.2, 0) is 20.9 Å². The Hall–Kier alpha value is -3.10. The molecule has 0 aromatic heterocycles. The van der Waals surface area contributed by atoms with Gasteiger partial charge in [-0.15, -0.1) is 0 Å². The molecular weight excluding hydrogens is 472 g/mol. The Morgan fingerprint density at radius 2 is 1.41 bits per heavy atom. The summed E-state index contributed by atoms with van der Waals surface area (Å²) in [5.74, 6) is 0.451. The molecule has 1 fully saturated rings. The summed E-state index contributed by atoms with van der Waals surface area (Å²) < 4.78 is 45.8. The van der Waals surface area contributed by atoms with Gasteiger partial charge in [0, 0.05) is 10.8 Å². The van der Waals surface area contributed by atoms with Crippen LogP contribution < -0.4 is 4.18 Å². The van der Waals surface area contributed by atoms with E-state index in [2.05, 4.69) is 0 Å². The fourth-order valence-corrected chi connectivity index (χ4v) is 9.44. The maximum absolute atomic E-state index is 13.7. The number of hydrogen-bond acceptors (Lipinski definition) is 6. The van der Waals surface area contributed by atoms with E-state index in [-0.39, 0.29) is 23.7 Å². The molecule has 1 saturated heterocycles. The van der Waals surface area contributed by atoms with Gasteiger partial charge in [0.2, 0.25) is 0 Å². The van der Waals surface area contributed by atoms with Gasteiger partial charge in [0.05, 0.1) is 10.5 Å². The van der Waals surface area contributed by atoms with E-state index < -0.39 is 36.7 Å². The van der Waals surface area contributed by atoms with Crippen LogP contribution in [0.4, 0.5) is 0 Å². The molecule has 6 nitrogen and oxygen atoms in total. The smallest absolute Gasteiger partial charge is 0.313 e. The van der Waals surface area contributed by atoms with Crippen LogP contribution >= 0.6 is 0 Å². The van der Waals surface area contributed by atoms with Crippen LogP contribution in [0.5, 0.6) is 17.2 Å². The van der Waals surface area contributed by atoms with Gasteiger partial charge in [0.25, 0.3) is 0 Å². The van der Waals surface area contributed by atoms with Gasteiger partial charge in [-0.2, -0.15) is 8.42 Å². The summed E-state index contributed by atoms with van der Waals surface area (Å²) >= 11 is 0. The van der Waals surface area contributed by atoms with Crippen molar-refractivity contribution in [2.24, 2.45) is 0 Å². The normalized spacial score (nSPS) is 23.9. The summed E-state index contributed by atoms with van der Waals surface area (Å²) in [7, 11) is -5.56. The summed E-state index contributed by atoms with van der Waals surface area (Å²) in [5.41, 5.74) is 4.69. The average molecular weight is 497 g/mol. The number of aryl methyl sites for hydroxylation is 2. The molecule has 0 aliphatic carbocycles. The second-order valence-corrected chi connectivity index (χ2v) is 12.2. The molecule has 34 heavy (non-hydrogen) atoms. The topological polar surface area (TPSA) is 101 Å². The van der Waals surface area contributed by atoms with E-state index in [1.165, 1.54) is 0 Å². The minimum Gasteiger partial charge on any atom is -0.508 e. The molecule has 4 atom stereocenters. The fraction of sp³-hybridized carbons (Fsp3) is 0.231. The summed E-state index contributed by atoms with van der Waals surface area (Å²) in [6, 6.07) is 18.2. The number of fused-ring (bicyclic) bond motifs is 2. The standard InChI is InChI=1S/C26H24O6S2/c1-15-12-17(27)8-10-20(15)24-22-14-23(34(30,31)32-19-6-4-3-5-7-19)26(33(22)29)25(24)21-11-9-18(28)13-16(21)2/h3-13,22-23,26-28H,14H2,1-2H3/t22-,23-,26+,33-/m0/s1. The first-order valence-corrected chi connectivity index (χ1v) is 13.6. The van der Waals surface area contributed by atoms with Gasteiger partial charge in [-0.05, 0) is 90.1 Å². The van der Waals surface area contributed by atoms with E-state index in [1.807, 2.05) is 13.8 Å². The monoisotopic (exact) mass is 496 g/mol. The molecule has 2 heterocycles. The largest absolute Gasteiger partial charge is 0.508 e. The Morgan fingerprint density at radius 1 is 0.853 bits per heavy atom. The summed E-state index contributed by atoms with van der Waals surface area (Å²) in [4.78, 5) is 0. The van der Waals surface area contributed by atoms with Crippen molar-refractivity contribution >= 4 is 32.1 Å². The van der Waals surface area contributed by atoms with Crippen molar-refractivity contribution in [2.75, 3.05) is 0 Å². The van der Waals surface area contributed by atoms with E-state index in [0.717, 1.165) is 27.8 Å². The van der Waals surface area contributed by atoms with Crippen molar-refractivity contribution in [3.63, 3.8) is 0 Å². The van der Waals surface area contributed by atoms with Gasteiger partial charge < -0.3 is 14.4 Å². The highest BCUT2D eigenvalue weighted by atomic mass is 32.2. The lowest BCUT2D eigenvalue weighted by Gasteiger charge is -2.27. The van der Waals surface area contributed by atoms with Crippen molar-refractivity contribution in [1.29, 1.82) is 0 Å². The molecule has 0 radical (unpaired) electrons. The van der Waals surface area contributed by atoms with Gasteiger partial charge in [-0.25, -0.2) is 0 Å². The van der Waals surface area contributed by atoms with Crippen molar-refractivity contribution in [3.05, 3.63) is 89.0 Å². The number of benzene rings is 3. The van der Waals surface area contributed by atoms with Crippen LogP contribution in [0, 0.1) is 13.8 Å². The zero-order valence-corrected chi connectivity index (χ0v) is 20.3. The predicted octanol–water partition coefficient (Wildman–Crippen LogP) is 4.31. The molecule has 0 spiro atoms. The molecular formula is C26H24O6S2. The van der Waals surface area contributed by atoms with Crippen LogP contribution in [0.25, 0.3) is 11.1 Å². The molecule has 3 aromatic carbocycles. The highest BCUT2D eigenvalue weighted by molar-refractivity contribution is 7.92. The maximum atomic E-state index is 13.7. The quantitative estimate of drug-likeness (QED) is 0.511. The lowest BCUT2D eigenvalue weighted by Crippen LogP contribution is -2.36. The van der Waals surface area contributed by atoms with Crippen LogP contribution in [0.2, 0.25) is 0 Å². The second kappa shape index (κ2) is 8.29. The Balaban J connectivity index is 1.68. The number of rotatable bonds is 5. The zero-order chi connectivity index (χ0) is 24.2. The zero-order valence-electron chi connectivity index (χ0n) is 18.6. The van der Waals surface area contributed by atoms with Crippen LogP contribution in [0.15, 0.2) is 66.7 Å². The Labute approximate surface area is 201 Å². The van der Waals surface area contributed by atoms with Crippen molar-refractivity contribution in [2.45, 2.75) is 36.0 Å². The number of phenolic OH excluding ortho intramolecular Hbond substituents is 2. The molecule has 3 aromatic rings. The maximum Gasteiger partial charge on any atom is 0.313 e. The second-order valence-electron chi connectivity index (χ2n) is 8.73. The molecule has 0 saturated carbocycles. The van der Waals surface area contributed by atoms with E-state index in [0.29, 0.717) is 5.57 Å². The SMILES string of the molecule is Cc1cc(O)ccc1C1=C(c2ccc(O)cc2C)[C@H]2[C@@H](S(=O)(=O)Oc3ccccc3)C[C@@H]1[S@@]2=O. The first kappa shape index (κ1) is 22.7. The van der Waals surface area contributed by atoms with E-state index in [1.54, 1.807) is 66.7 Å². The predicted molar refractivity (Wildman–Crippen MR) is 133 cm³/mol. The molecule has 2 aliphatic heterocycles. The highest BCUT2D eigenvalue weighted by Crippen LogP contribution is 2.54. The lowest BCUT2D eigenvalue weighted by atomic mass is 9.81. The third kappa shape index (κ3) is 3.71. The van der Waals surface area contributed by atoms with Crippen LogP contribution in [-0.4, -0.2) is 38.6 Å². The van der Waals surface area contributed by atoms with Crippen molar-refractivity contribution in [1.82, 2.24) is 0 Å². The van der Waals surface area contributed by atoms with E-state index in [9.17, 15) is 22.8 Å². The van der Waals surface area contributed by atoms with Gasteiger partial charge in [0.15, 0.2) is 0 Å². The first-order valence-electron chi connectivity index (χ1n) is 10.9. The fourth-order valence-electron chi connectivity index (χ4n) is 5.08. The van der Waals surface area contributed by atoms with Gasteiger partial charge in [-0.1, -0.05) is 30.3 Å². The number of para-hydroxylation sites is 1. The van der Waals surface area contributed by atoms with E-state index in [4.69, 9.17) is 4.18 Å². The number of hydrogen-bond donors (Lipinski definition) is 2. The summed E-state index contributed by atoms with van der Waals surface area (Å²) in [6.45, 7) is 3.70. The third-order valence-corrected chi connectivity index (χ3v) is 10.4.